The van der Waals surface area contributed by atoms with Gasteiger partial charge in [0.2, 0.25) is 11.8 Å². The van der Waals surface area contributed by atoms with Crippen LogP contribution in [0.25, 0.3) is 0 Å². The summed E-state index contributed by atoms with van der Waals surface area (Å²) < 4.78 is 0. The number of nitrogens with zero attached hydrogens (tertiary/aromatic N) is 1. The van der Waals surface area contributed by atoms with E-state index in [0.29, 0.717) is 27.3 Å². The molecule has 0 spiro atoms. The van der Waals surface area contributed by atoms with E-state index in [2.05, 4.69) is 34.4 Å². The number of aromatic amines is 1. The minimum atomic E-state index is -0.640. The second-order valence-corrected chi connectivity index (χ2v) is 9.28. The molecule has 2 heterocycles. The molecule has 3 rings (SSSR count). The largest absolute Gasteiger partial charge is 0.326 e. The van der Waals surface area contributed by atoms with Crippen LogP contribution in [0.3, 0.4) is 0 Å². The summed E-state index contributed by atoms with van der Waals surface area (Å²) in [7, 11) is 0. The summed E-state index contributed by atoms with van der Waals surface area (Å²) in [5.41, 5.74) is 1.49. The highest BCUT2D eigenvalue weighted by molar-refractivity contribution is 7.99. The molecule has 1 unspecified atom stereocenters. The second kappa shape index (κ2) is 9.66. The van der Waals surface area contributed by atoms with Gasteiger partial charge in [-0.05, 0) is 43.4 Å². The molecule has 0 bridgehead atoms. The molecule has 0 radical (unpaired) electrons. The summed E-state index contributed by atoms with van der Waals surface area (Å²) in [4.78, 5) is 44.7. The van der Waals surface area contributed by atoms with Crippen LogP contribution in [-0.2, 0) is 16.0 Å². The third kappa shape index (κ3) is 5.43. The average molecular weight is 449 g/mol. The number of carbonyl (C=O) groups is 2. The number of carbonyl (C=O) groups excluding carboxylic acids is 2. The number of nitrogens with one attached hydrogen (secondary N) is 3. The van der Waals surface area contributed by atoms with Crippen molar-refractivity contribution in [3.05, 3.63) is 44.7 Å². The smallest absolute Gasteiger partial charge is 0.256 e. The molecular weight excluding hydrogens is 424 g/mol. The van der Waals surface area contributed by atoms with Crippen LogP contribution in [0.1, 0.15) is 37.8 Å². The molecule has 1 aliphatic rings. The summed E-state index contributed by atoms with van der Waals surface area (Å²) in [6.45, 7) is 6.07. The van der Waals surface area contributed by atoms with Crippen LogP contribution in [0.15, 0.2) is 28.2 Å². The molecule has 1 aromatic heterocycles. The molecule has 3 N–H and O–H groups in total. The van der Waals surface area contributed by atoms with Gasteiger partial charge in [-0.1, -0.05) is 43.3 Å². The lowest BCUT2D eigenvalue weighted by Crippen LogP contribution is -2.37. The van der Waals surface area contributed by atoms with Crippen LogP contribution in [0, 0.1) is 18.8 Å². The SMILES string of the molecule is Cc1c(Cl)cccc1NC(=O)CC1Cc2c(nc(SCCC(C)C)[nH]c2=O)NC1=O. The first kappa shape index (κ1) is 22.4. The fourth-order valence-electron chi connectivity index (χ4n) is 3.12. The van der Waals surface area contributed by atoms with E-state index < -0.39 is 5.92 Å². The lowest BCUT2D eigenvalue weighted by atomic mass is 9.92. The van der Waals surface area contributed by atoms with Crippen LogP contribution in [0.4, 0.5) is 11.5 Å². The Kier molecular flexibility index (Phi) is 7.20. The number of H-pyrrole nitrogens is 1. The zero-order chi connectivity index (χ0) is 21.8. The van der Waals surface area contributed by atoms with Crippen molar-refractivity contribution >= 4 is 46.7 Å². The Morgan fingerprint density at radius 2 is 2.13 bits per heavy atom. The molecule has 9 heteroatoms. The molecule has 160 valence electrons. The van der Waals surface area contributed by atoms with Gasteiger partial charge in [0.05, 0.1) is 11.5 Å². The molecule has 0 saturated heterocycles. The second-order valence-electron chi connectivity index (χ2n) is 7.78. The monoisotopic (exact) mass is 448 g/mol. The highest BCUT2D eigenvalue weighted by Gasteiger charge is 2.31. The minimum Gasteiger partial charge on any atom is -0.326 e. The maximum Gasteiger partial charge on any atom is 0.256 e. The lowest BCUT2D eigenvalue weighted by Gasteiger charge is -2.23. The standard InChI is InChI=1S/C21H25ClN4O3S/c1-11(2)7-8-30-21-25-18-14(20(29)26-21)9-13(19(28)24-18)10-17(27)23-16-6-4-5-15(22)12(16)3/h4-6,11,13H,7-10H2,1-3H3,(H,23,27)(H2,24,25,26,28,29). The van der Waals surface area contributed by atoms with Crippen LogP contribution < -0.4 is 16.2 Å². The van der Waals surface area contributed by atoms with Gasteiger partial charge >= 0.3 is 0 Å². The summed E-state index contributed by atoms with van der Waals surface area (Å²) in [6.07, 6.45) is 1.13. The van der Waals surface area contributed by atoms with Gasteiger partial charge in [-0.3, -0.25) is 14.4 Å². The molecule has 2 amide bonds. The third-order valence-electron chi connectivity index (χ3n) is 4.96. The number of hydrogen-bond donors (Lipinski definition) is 3. The van der Waals surface area contributed by atoms with Gasteiger partial charge in [-0.25, -0.2) is 4.98 Å². The molecule has 30 heavy (non-hydrogen) atoms. The topological polar surface area (TPSA) is 104 Å². The number of aromatic nitrogens is 2. The molecular formula is C21H25ClN4O3S. The van der Waals surface area contributed by atoms with E-state index >= 15 is 0 Å². The van der Waals surface area contributed by atoms with Gasteiger partial charge in [0.1, 0.15) is 5.82 Å². The van der Waals surface area contributed by atoms with Gasteiger partial charge in [0, 0.05) is 22.9 Å². The maximum absolute atomic E-state index is 12.5. The molecule has 2 aromatic rings. The number of benzene rings is 1. The first-order valence-electron chi connectivity index (χ1n) is 9.86. The van der Waals surface area contributed by atoms with Crippen molar-refractivity contribution < 1.29 is 9.59 Å². The number of fused-ring (bicyclic) bond motifs is 1. The normalized spacial score (nSPS) is 15.6. The molecule has 1 atom stereocenters. The van der Waals surface area contributed by atoms with E-state index in [0.717, 1.165) is 17.7 Å². The Labute approximate surface area is 184 Å². The molecule has 0 aliphatic carbocycles. The van der Waals surface area contributed by atoms with E-state index in [-0.39, 0.29) is 36.0 Å². The number of halogens is 1. The first-order valence-corrected chi connectivity index (χ1v) is 11.2. The fourth-order valence-corrected chi connectivity index (χ4v) is 4.40. The zero-order valence-electron chi connectivity index (χ0n) is 17.2. The minimum absolute atomic E-state index is 0.0401. The Balaban J connectivity index is 1.68. The van der Waals surface area contributed by atoms with Crippen LogP contribution in [0.2, 0.25) is 5.02 Å². The van der Waals surface area contributed by atoms with Gasteiger partial charge in [0.15, 0.2) is 5.16 Å². The number of amides is 2. The van der Waals surface area contributed by atoms with Crippen molar-refractivity contribution in [3.63, 3.8) is 0 Å². The Morgan fingerprint density at radius 3 is 2.87 bits per heavy atom. The highest BCUT2D eigenvalue weighted by Crippen LogP contribution is 2.27. The number of hydrogen-bond acceptors (Lipinski definition) is 5. The fraction of sp³-hybridized carbons (Fsp3) is 0.429. The summed E-state index contributed by atoms with van der Waals surface area (Å²) in [6, 6.07) is 5.24. The maximum atomic E-state index is 12.5. The number of anilines is 2. The average Bonchev–Trinajstić information content (AvgIpc) is 2.66. The lowest BCUT2D eigenvalue weighted by molar-refractivity contribution is -0.125. The van der Waals surface area contributed by atoms with Crippen molar-refractivity contribution in [2.24, 2.45) is 11.8 Å². The summed E-state index contributed by atoms with van der Waals surface area (Å²) in [5, 5.41) is 6.53. The van der Waals surface area contributed by atoms with Crippen LogP contribution in [-0.4, -0.2) is 27.5 Å². The predicted octanol–water partition coefficient (Wildman–Crippen LogP) is 4.01. The van der Waals surface area contributed by atoms with Gasteiger partial charge in [0.25, 0.3) is 5.56 Å². The predicted molar refractivity (Wildman–Crippen MR) is 120 cm³/mol. The summed E-state index contributed by atoms with van der Waals surface area (Å²) in [5.74, 6) is 0.423. The Morgan fingerprint density at radius 1 is 1.37 bits per heavy atom. The highest BCUT2D eigenvalue weighted by atomic mass is 35.5. The molecule has 0 fully saturated rings. The van der Waals surface area contributed by atoms with Crippen molar-refractivity contribution in [2.45, 2.75) is 45.2 Å². The molecule has 0 saturated carbocycles. The van der Waals surface area contributed by atoms with E-state index in [1.807, 2.05) is 6.92 Å². The Bertz CT molecular complexity index is 1020. The molecule has 1 aromatic carbocycles. The van der Waals surface area contributed by atoms with Crippen molar-refractivity contribution in [2.75, 3.05) is 16.4 Å². The van der Waals surface area contributed by atoms with Crippen LogP contribution in [0.5, 0.6) is 0 Å². The van der Waals surface area contributed by atoms with Crippen molar-refractivity contribution in [1.29, 1.82) is 0 Å². The van der Waals surface area contributed by atoms with Crippen molar-refractivity contribution in [1.82, 2.24) is 9.97 Å². The Hall–Kier alpha value is -2.32. The van der Waals surface area contributed by atoms with Crippen molar-refractivity contribution in [3.8, 4) is 0 Å². The molecule has 7 nitrogen and oxygen atoms in total. The first-order chi connectivity index (χ1) is 14.2. The van der Waals surface area contributed by atoms with E-state index in [1.54, 1.807) is 18.2 Å². The zero-order valence-corrected chi connectivity index (χ0v) is 18.7. The van der Waals surface area contributed by atoms with Crippen LogP contribution >= 0.6 is 23.4 Å². The van der Waals surface area contributed by atoms with Gasteiger partial charge in [-0.2, -0.15) is 0 Å². The van der Waals surface area contributed by atoms with E-state index in [9.17, 15) is 14.4 Å². The third-order valence-corrected chi connectivity index (χ3v) is 6.28. The van der Waals surface area contributed by atoms with E-state index in [1.165, 1.54) is 11.8 Å². The quantitative estimate of drug-likeness (QED) is 0.438. The van der Waals surface area contributed by atoms with Gasteiger partial charge in [-0.15, -0.1) is 0 Å². The summed E-state index contributed by atoms with van der Waals surface area (Å²) >= 11 is 7.54. The van der Waals surface area contributed by atoms with E-state index in [4.69, 9.17) is 11.6 Å². The van der Waals surface area contributed by atoms with Gasteiger partial charge < -0.3 is 15.6 Å². The number of thioether (sulfide) groups is 1. The molecule has 1 aliphatic heterocycles. The number of rotatable bonds is 7.